The maximum absolute atomic E-state index is 13.4. The van der Waals surface area contributed by atoms with Crippen LogP contribution in [0.1, 0.15) is 20.3 Å². The standard InChI is InChI=1S/C7H14FNO2/c1-6(8)5-9(11)4-3-7(6,2)10/h10-11H,3-5H2,1-2H3. The van der Waals surface area contributed by atoms with E-state index < -0.39 is 11.3 Å². The average Bonchev–Trinajstić information content (AvgIpc) is 1.80. The fraction of sp³-hybridized carbons (Fsp3) is 1.00. The van der Waals surface area contributed by atoms with Crippen LogP contribution in [0.2, 0.25) is 0 Å². The highest BCUT2D eigenvalue weighted by molar-refractivity contribution is 4.98. The molecule has 11 heavy (non-hydrogen) atoms. The molecule has 1 aliphatic rings. The van der Waals surface area contributed by atoms with Gasteiger partial charge < -0.3 is 10.3 Å². The van der Waals surface area contributed by atoms with Gasteiger partial charge in [0.05, 0.1) is 12.1 Å². The molecule has 0 aliphatic carbocycles. The molecule has 1 rings (SSSR count). The van der Waals surface area contributed by atoms with E-state index in [-0.39, 0.29) is 13.0 Å². The number of hydrogen-bond donors (Lipinski definition) is 2. The molecule has 0 aromatic carbocycles. The van der Waals surface area contributed by atoms with E-state index in [9.17, 15) is 9.50 Å². The Kier molecular flexibility index (Phi) is 1.94. The van der Waals surface area contributed by atoms with Crippen LogP contribution in [-0.4, -0.2) is 39.7 Å². The summed E-state index contributed by atoms with van der Waals surface area (Å²) in [5, 5.41) is 19.4. The van der Waals surface area contributed by atoms with Gasteiger partial charge in [-0.1, -0.05) is 0 Å². The van der Waals surface area contributed by atoms with Gasteiger partial charge in [0, 0.05) is 6.54 Å². The fourth-order valence-corrected chi connectivity index (χ4v) is 1.20. The number of alkyl halides is 1. The summed E-state index contributed by atoms with van der Waals surface area (Å²) in [6.45, 7) is 2.96. The third kappa shape index (κ3) is 1.52. The Morgan fingerprint density at radius 1 is 1.45 bits per heavy atom. The molecule has 0 aromatic heterocycles. The lowest BCUT2D eigenvalue weighted by molar-refractivity contribution is -0.207. The molecule has 0 spiro atoms. The predicted molar refractivity (Wildman–Crippen MR) is 38.1 cm³/mol. The van der Waals surface area contributed by atoms with Gasteiger partial charge in [-0.15, -0.1) is 0 Å². The van der Waals surface area contributed by atoms with E-state index in [1.807, 2.05) is 0 Å². The molecule has 4 heteroatoms. The molecule has 3 nitrogen and oxygen atoms in total. The molecule has 1 fully saturated rings. The first-order chi connectivity index (χ1) is 4.85. The highest BCUT2D eigenvalue weighted by atomic mass is 19.1. The van der Waals surface area contributed by atoms with Gasteiger partial charge >= 0.3 is 0 Å². The first kappa shape index (κ1) is 8.90. The smallest absolute Gasteiger partial charge is 0.151 e. The first-order valence-electron chi connectivity index (χ1n) is 3.70. The summed E-state index contributed by atoms with van der Waals surface area (Å²) in [6, 6.07) is 0. The zero-order chi connectivity index (χ0) is 8.70. The van der Waals surface area contributed by atoms with Crippen LogP contribution >= 0.6 is 0 Å². The van der Waals surface area contributed by atoms with Gasteiger partial charge in [-0.05, 0) is 20.3 Å². The number of rotatable bonds is 0. The maximum Gasteiger partial charge on any atom is 0.151 e. The summed E-state index contributed by atoms with van der Waals surface area (Å²) in [5.41, 5.74) is -3.04. The summed E-state index contributed by atoms with van der Waals surface area (Å²) in [5.74, 6) is 0. The van der Waals surface area contributed by atoms with Crippen molar-refractivity contribution in [1.82, 2.24) is 5.06 Å². The molecule has 2 unspecified atom stereocenters. The van der Waals surface area contributed by atoms with Crippen molar-refractivity contribution in [3.05, 3.63) is 0 Å². The number of hydrogen-bond acceptors (Lipinski definition) is 3. The van der Waals surface area contributed by atoms with E-state index in [0.717, 1.165) is 5.06 Å². The van der Waals surface area contributed by atoms with Crippen molar-refractivity contribution in [2.45, 2.75) is 31.5 Å². The predicted octanol–water partition coefficient (Wildman–Crippen LogP) is 0.560. The molecule has 0 bridgehead atoms. The van der Waals surface area contributed by atoms with Crippen molar-refractivity contribution < 1.29 is 14.7 Å². The summed E-state index contributed by atoms with van der Waals surface area (Å²) in [4.78, 5) is 0. The zero-order valence-electron chi connectivity index (χ0n) is 6.84. The van der Waals surface area contributed by atoms with Gasteiger partial charge in [0.15, 0.2) is 5.67 Å². The number of hydroxylamine groups is 2. The molecule has 66 valence electrons. The molecule has 2 atom stereocenters. The van der Waals surface area contributed by atoms with Crippen molar-refractivity contribution in [1.29, 1.82) is 0 Å². The Morgan fingerprint density at radius 3 is 2.36 bits per heavy atom. The molecule has 0 amide bonds. The topological polar surface area (TPSA) is 43.7 Å². The van der Waals surface area contributed by atoms with Crippen LogP contribution in [0.25, 0.3) is 0 Å². The second-order valence-corrected chi connectivity index (χ2v) is 3.61. The number of halogens is 1. The number of nitrogens with zero attached hydrogens (tertiary/aromatic N) is 1. The van der Waals surface area contributed by atoms with E-state index >= 15 is 0 Å². The van der Waals surface area contributed by atoms with Gasteiger partial charge in [0.1, 0.15) is 0 Å². The largest absolute Gasteiger partial charge is 0.387 e. The molecule has 1 aliphatic heterocycles. The van der Waals surface area contributed by atoms with Crippen molar-refractivity contribution in [3.8, 4) is 0 Å². The first-order valence-corrected chi connectivity index (χ1v) is 3.70. The third-order valence-electron chi connectivity index (χ3n) is 2.46. The van der Waals surface area contributed by atoms with E-state index in [1.165, 1.54) is 13.8 Å². The number of aliphatic hydroxyl groups is 1. The van der Waals surface area contributed by atoms with Crippen LogP contribution in [0.5, 0.6) is 0 Å². The summed E-state index contributed by atoms with van der Waals surface area (Å²) in [7, 11) is 0. The molecular weight excluding hydrogens is 149 g/mol. The monoisotopic (exact) mass is 163 g/mol. The van der Waals surface area contributed by atoms with Gasteiger partial charge in [0.2, 0.25) is 0 Å². The molecule has 1 saturated heterocycles. The lowest BCUT2D eigenvalue weighted by atomic mass is 9.82. The van der Waals surface area contributed by atoms with Crippen LogP contribution in [0.4, 0.5) is 4.39 Å². The Labute approximate surface area is 65.4 Å². The summed E-state index contributed by atoms with van der Waals surface area (Å²) in [6.07, 6.45) is 0.260. The molecule has 1 heterocycles. The minimum Gasteiger partial charge on any atom is -0.387 e. The Hall–Kier alpha value is -0.190. The van der Waals surface area contributed by atoms with Crippen molar-refractivity contribution in [2.24, 2.45) is 0 Å². The van der Waals surface area contributed by atoms with Crippen LogP contribution in [0.3, 0.4) is 0 Å². The number of piperidine rings is 1. The van der Waals surface area contributed by atoms with E-state index in [2.05, 4.69) is 0 Å². The highest BCUT2D eigenvalue weighted by Crippen LogP contribution is 2.33. The zero-order valence-corrected chi connectivity index (χ0v) is 6.84. The summed E-state index contributed by atoms with van der Waals surface area (Å²) >= 11 is 0. The van der Waals surface area contributed by atoms with E-state index in [0.29, 0.717) is 6.54 Å². The second kappa shape index (κ2) is 2.40. The quantitative estimate of drug-likeness (QED) is 0.548. The van der Waals surface area contributed by atoms with Crippen LogP contribution in [0.15, 0.2) is 0 Å². The molecule has 0 radical (unpaired) electrons. The van der Waals surface area contributed by atoms with Crippen LogP contribution < -0.4 is 0 Å². The third-order valence-corrected chi connectivity index (χ3v) is 2.46. The van der Waals surface area contributed by atoms with Crippen LogP contribution in [0, 0.1) is 0 Å². The lowest BCUT2D eigenvalue weighted by Gasteiger charge is -2.42. The van der Waals surface area contributed by atoms with Gasteiger partial charge in [0.25, 0.3) is 0 Å². The normalized spacial score (nSPS) is 47.7. The lowest BCUT2D eigenvalue weighted by Crippen LogP contribution is -2.58. The van der Waals surface area contributed by atoms with Crippen molar-refractivity contribution in [3.63, 3.8) is 0 Å². The maximum atomic E-state index is 13.4. The van der Waals surface area contributed by atoms with Crippen molar-refractivity contribution in [2.75, 3.05) is 13.1 Å². The molecule has 0 aromatic rings. The molecule has 2 N–H and O–H groups in total. The van der Waals surface area contributed by atoms with E-state index in [1.54, 1.807) is 0 Å². The minimum atomic E-state index is -1.72. The van der Waals surface area contributed by atoms with Gasteiger partial charge in [-0.2, -0.15) is 5.06 Å². The van der Waals surface area contributed by atoms with Crippen molar-refractivity contribution >= 4 is 0 Å². The average molecular weight is 163 g/mol. The fourth-order valence-electron chi connectivity index (χ4n) is 1.20. The SMILES string of the molecule is CC1(O)CCN(O)CC1(C)F. The van der Waals surface area contributed by atoms with E-state index in [4.69, 9.17) is 5.21 Å². The second-order valence-electron chi connectivity index (χ2n) is 3.61. The van der Waals surface area contributed by atoms with Crippen LogP contribution in [-0.2, 0) is 0 Å². The molecular formula is C7H14FNO2. The Bertz CT molecular complexity index is 159. The minimum absolute atomic E-state index is 0.125. The molecule has 0 saturated carbocycles. The Balaban J connectivity index is 2.72. The summed E-state index contributed by atoms with van der Waals surface area (Å²) < 4.78 is 13.4. The Morgan fingerprint density at radius 2 is 2.00 bits per heavy atom. The van der Waals surface area contributed by atoms with Gasteiger partial charge in [-0.25, -0.2) is 4.39 Å². The van der Waals surface area contributed by atoms with Gasteiger partial charge in [-0.3, -0.25) is 0 Å². The highest BCUT2D eigenvalue weighted by Gasteiger charge is 2.48.